The first-order chi connectivity index (χ1) is 8.30. The van der Waals surface area contributed by atoms with E-state index in [9.17, 15) is 0 Å². The van der Waals surface area contributed by atoms with Crippen LogP contribution in [0.25, 0.3) is 0 Å². The molecule has 0 N–H and O–H groups in total. The van der Waals surface area contributed by atoms with Gasteiger partial charge >= 0.3 is 26.2 Å². The van der Waals surface area contributed by atoms with Crippen molar-refractivity contribution in [2.24, 2.45) is 11.8 Å². The van der Waals surface area contributed by atoms with E-state index in [1.807, 2.05) is 64.2 Å². The third-order valence-electron chi connectivity index (χ3n) is 2.93. The molecule has 0 aromatic heterocycles. The fourth-order valence-corrected chi connectivity index (χ4v) is 1.76. The van der Waals surface area contributed by atoms with Gasteiger partial charge < -0.3 is 13.8 Å². The van der Waals surface area contributed by atoms with Crippen molar-refractivity contribution < 1.29 is 26.2 Å². The van der Waals surface area contributed by atoms with Crippen molar-refractivity contribution in [1.82, 2.24) is 0 Å². The van der Waals surface area contributed by atoms with E-state index in [1.54, 1.807) is 0 Å². The molecule has 2 atom stereocenters. The van der Waals surface area contributed by atoms with Crippen LogP contribution in [-0.2, 0) is 26.2 Å². The normalized spacial score (nSPS) is 29.7. The standard InChI is InChI=1S/C7H12.2C5H5.Zr/c1-6-4-3-5-7(6)2;2*1-2-4-5-3-1;/h6-7H,1-5H2;2*1-5H;/q-2;;;+4/t6-,7-;;;/m1.../s1. The second-order valence-corrected chi connectivity index (χ2v) is 4.38. The van der Waals surface area contributed by atoms with Gasteiger partial charge in [0.05, 0.1) is 0 Å². The van der Waals surface area contributed by atoms with Gasteiger partial charge in [-0.15, -0.1) is 0 Å². The molecule has 0 aliphatic heterocycles. The smallest absolute Gasteiger partial charge is 0.342 e. The predicted molar refractivity (Wildman–Crippen MR) is 74.5 cm³/mol. The van der Waals surface area contributed by atoms with E-state index in [4.69, 9.17) is 0 Å². The Hall–Kier alpha value is 0.883. The summed E-state index contributed by atoms with van der Waals surface area (Å²) in [5.74, 6) is 1.31. The number of hydrogen-bond donors (Lipinski definition) is 0. The molecule has 3 aliphatic carbocycles. The molecule has 92 valence electrons. The van der Waals surface area contributed by atoms with E-state index in [-0.39, 0.29) is 26.2 Å². The van der Waals surface area contributed by atoms with E-state index in [2.05, 4.69) is 13.8 Å². The quantitative estimate of drug-likeness (QED) is 0.590. The minimum atomic E-state index is 0. The Bertz CT molecular complexity index is 126. The first-order valence-corrected chi connectivity index (χ1v) is 6.30. The molecule has 0 aromatic carbocycles. The van der Waals surface area contributed by atoms with Crippen LogP contribution in [-0.4, -0.2) is 0 Å². The summed E-state index contributed by atoms with van der Waals surface area (Å²) in [6.45, 7) is 7.91. The maximum Gasteiger partial charge on any atom is 4.00 e. The first kappa shape index (κ1) is 18.9. The summed E-state index contributed by atoms with van der Waals surface area (Å²) in [6, 6.07) is 0. The van der Waals surface area contributed by atoms with Gasteiger partial charge in [-0.25, -0.2) is 0 Å². The molecule has 18 heavy (non-hydrogen) atoms. The minimum absolute atomic E-state index is 0. The molecule has 1 heteroatoms. The van der Waals surface area contributed by atoms with Gasteiger partial charge in [-0.3, -0.25) is 0 Å². The second-order valence-electron chi connectivity index (χ2n) is 4.38. The van der Waals surface area contributed by atoms with Gasteiger partial charge in [0, 0.05) is 0 Å². The molecule has 0 amide bonds. The Balaban J connectivity index is 0.000000239. The van der Waals surface area contributed by atoms with Gasteiger partial charge in [-0.1, -0.05) is 19.3 Å². The van der Waals surface area contributed by atoms with Gasteiger partial charge in [0.15, 0.2) is 0 Å². The Kier molecular flexibility index (Phi) is 13.5. The molecule has 0 nitrogen and oxygen atoms in total. The SMILES string of the molecule is [CH2-][C@@H]1CCC[C@H]1[CH2-].[CH]1[CH][CH][CH][CH]1.[CH]1[CH][CH][CH][CH]1.[Zr+4]. The Morgan fingerprint density at radius 1 is 0.556 bits per heavy atom. The van der Waals surface area contributed by atoms with Crippen molar-refractivity contribution in [3.8, 4) is 0 Å². The summed E-state index contributed by atoms with van der Waals surface area (Å²) < 4.78 is 0. The summed E-state index contributed by atoms with van der Waals surface area (Å²) in [5, 5.41) is 0. The molecule has 0 unspecified atom stereocenters. The average molecular weight is 318 g/mol. The van der Waals surface area contributed by atoms with Gasteiger partial charge in [-0.05, 0) is 64.2 Å². The Morgan fingerprint density at radius 2 is 0.778 bits per heavy atom. The minimum Gasteiger partial charge on any atom is -0.342 e. The summed E-state index contributed by atoms with van der Waals surface area (Å²) in [7, 11) is 0. The molecule has 0 saturated heterocycles. The van der Waals surface area contributed by atoms with Crippen LogP contribution in [0.4, 0.5) is 0 Å². The zero-order chi connectivity index (χ0) is 12.3. The van der Waals surface area contributed by atoms with Crippen LogP contribution in [0.1, 0.15) is 19.3 Å². The first-order valence-electron chi connectivity index (χ1n) is 6.30. The van der Waals surface area contributed by atoms with Gasteiger partial charge in [0.25, 0.3) is 0 Å². The molecule has 3 rings (SSSR count). The van der Waals surface area contributed by atoms with E-state index >= 15 is 0 Å². The van der Waals surface area contributed by atoms with Crippen LogP contribution >= 0.6 is 0 Å². The molecule has 0 heterocycles. The fourth-order valence-electron chi connectivity index (χ4n) is 1.76. The largest absolute Gasteiger partial charge is 4.00 e. The summed E-state index contributed by atoms with van der Waals surface area (Å²) >= 11 is 0. The number of hydrogen-bond acceptors (Lipinski definition) is 0. The predicted octanol–water partition coefficient (Wildman–Crippen LogP) is 4.11. The van der Waals surface area contributed by atoms with Crippen molar-refractivity contribution in [1.29, 1.82) is 0 Å². The van der Waals surface area contributed by atoms with Crippen molar-refractivity contribution in [3.05, 3.63) is 78.1 Å². The average Bonchev–Trinajstić information content (AvgIpc) is 3.05. The van der Waals surface area contributed by atoms with Crippen LogP contribution < -0.4 is 0 Å². The summed E-state index contributed by atoms with van der Waals surface area (Å²) in [4.78, 5) is 0. The topological polar surface area (TPSA) is 0 Å². The van der Waals surface area contributed by atoms with Crippen molar-refractivity contribution >= 4 is 0 Å². The molecule has 0 bridgehead atoms. The van der Waals surface area contributed by atoms with Crippen LogP contribution in [0.15, 0.2) is 0 Å². The van der Waals surface area contributed by atoms with Crippen LogP contribution in [0, 0.1) is 89.9 Å². The van der Waals surface area contributed by atoms with E-state index in [0.29, 0.717) is 11.8 Å². The van der Waals surface area contributed by atoms with Gasteiger partial charge in [0.1, 0.15) is 0 Å². The number of rotatable bonds is 0. The maximum absolute atomic E-state index is 3.96. The Labute approximate surface area is 135 Å². The molecular formula is C17H22Zr+2. The molecule has 3 saturated carbocycles. The molecule has 10 radical (unpaired) electrons. The molecule has 3 aliphatic rings. The van der Waals surface area contributed by atoms with Crippen molar-refractivity contribution in [3.63, 3.8) is 0 Å². The monoisotopic (exact) mass is 316 g/mol. The second kappa shape index (κ2) is 12.9. The zero-order valence-corrected chi connectivity index (χ0v) is 13.4. The van der Waals surface area contributed by atoms with Crippen LogP contribution in [0.5, 0.6) is 0 Å². The van der Waals surface area contributed by atoms with Gasteiger partial charge in [0.2, 0.25) is 0 Å². The maximum atomic E-state index is 3.96. The third kappa shape index (κ3) is 9.77. The molecule has 0 spiro atoms. The fraction of sp³-hybridized carbons (Fsp3) is 0.294. The van der Waals surface area contributed by atoms with E-state index in [0.717, 1.165) is 0 Å². The Morgan fingerprint density at radius 3 is 0.889 bits per heavy atom. The van der Waals surface area contributed by atoms with Crippen molar-refractivity contribution in [2.75, 3.05) is 0 Å². The summed E-state index contributed by atoms with van der Waals surface area (Å²) in [5.41, 5.74) is 0. The van der Waals surface area contributed by atoms with Gasteiger partial charge in [-0.2, -0.15) is 11.8 Å². The van der Waals surface area contributed by atoms with Crippen LogP contribution in [0.3, 0.4) is 0 Å². The zero-order valence-electron chi connectivity index (χ0n) is 11.0. The third-order valence-corrected chi connectivity index (χ3v) is 2.93. The summed E-state index contributed by atoms with van der Waals surface area (Å²) in [6.07, 6.45) is 23.9. The van der Waals surface area contributed by atoms with Crippen molar-refractivity contribution in [2.45, 2.75) is 19.3 Å². The van der Waals surface area contributed by atoms with E-state index in [1.165, 1.54) is 19.3 Å². The van der Waals surface area contributed by atoms with E-state index < -0.39 is 0 Å². The van der Waals surface area contributed by atoms with Crippen LogP contribution in [0.2, 0.25) is 0 Å². The molecule has 0 aromatic rings. The molecular weight excluding hydrogens is 295 g/mol. The molecule has 3 fully saturated rings.